The number of fused-ring (bicyclic) bond motifs is 5. The Balaban J connectivity index is 0.000000183. The molecule has 7 heterocycles. The molecule has 4 aliphatic carbocycles. The summed E-state index contributed by atoms with van der Waals surface area (Å²) in [5.41, 5.74) is 15.0. The Hall–Kier alpha value is -13.9. The molecule has 12 aromatic rings. The number of aromatic nitrogens is 5. The maximum atomic E-state index is 13.8. The lowest BCUT2D eigenvalue weighted by molar-refractivity contribution is 0.171. The predicted octanol–water partition coefficient (Wildman–Crippen LogP) is 35.6. The molecule has 2 aliphatic heterocycles. The standard InChI is InChI=1S/C16H21FO.C14H17FO.C14H17N.C14H15N.C14H18O.C14H16.C12H14O2.C11H14FNO.C11H13NO2.C11H15NO/c1-12(2)7-8-13-9-10-15(11-16(13)17)18-14-5-3-4-6-14;1-10(2)3-4-11-5-6-13(9-14(11)15)16-12-7-8-12;1-11(2)4-5-12-6-7-13-8-9-15(3)14(13)10-12;1-11(2)5-6-12-7-8-14-13(10-12)4-3-9-15-14;1-11(2)3-4-12-5-7-13(8-6-12)15-14-9-10-14;1-11(2)6-7-12-8-9-13-4-3-5-14(13)10-12;1-9(2)3-4-10-5-6-11-12(7-10)14-8-13-11;1-8(2)4-5-11-10(12)6-9(14-3)7-13-11;1-8(2)3-4-9-5-10-11(12-6-9)14-7-13-10;1-9(2)4-5-10-6-7-11(13-3)8-12-10/h7-12,14H,3-6H2,1-2H3;3-6,9-10,12H,7-8H2,1-2H3;4-11H,1-3H3;3-11H,1-2H3;3-8,11,14H,9-10H2,1-2H3;3-4,6-11H,5H2,1-2H3;3-7,9H,8H2,1-2H3;4-8H,1-3H3;3-6,8H,7H2,1-2H3;4-9H,1-3H3/b8-7+;4-3+;5-4+;6-5+;4-3+;7-6+;4-3+;5-4+;4-3+;5-4+. The molecular formula is C131H160F3N5O9. The number of benzene rings is 7. The summed E-state index contributed by atoms with van der Waals surface area (Å²) in [5, 5.41) is 2.50. The third kappa shape index (κ3) is 45.6. The lowest BCUT2D eigenvalue weighted by atomic mass is 10.0. The second-order valence-corrected chi connectivity index (χ2v) is 40.8. The number of allylic oxidation sites excluding steroid dienone is 11. The summed E-state index contributed by atoms with van der Waals surface area (Å²) in [6, 6.07) is 57.4. The summed E-state index contributed by atoms with van der Waals surface area (Å²) in [6.07, 6.45) is 66.2. The van der Waals surface area contributed by atoms with Gasteiger partial charge in [0.2, 0.25) is 13.6 Å². The fourth-order valence-electron chi connectivity index (χ4n) is 14.2. The first kappa shape index (κ1) is 118. The summed E-state index contributed by atoms with van der Waals surface area (Å²) >= 11 is 0. The highest BCUT2D eigenvalue weighted by Gasteiger charge is 2.25. The summed E-state index contributed by atoms with van der Waals surface area (Å²) in [6.45, 7) is 43.3. The van der Waals surface area contributed by atoms with Crippen molar-refractivity contribution in [3.05, 3.63) is 358 Å². The van der Waals surface area contributed by atoms with Crippen LogP contribution < -0.4 is 42.6 Å². The minimum absolute atomic E-state index is 0.206. The molecule has 784 valence electrons. The van der Waals surface area contributed by atoms with E-state index in [0.717, 1.165) is 83.2 Å². The van der Waals surface area contributed by atoms with Gasteiger partial charge in [0.05, 0.1) is 61.8 Å². The molecule has 148 heavy (non-hydrogen) atoms. The van der Waals surface area contributed by atoms with Crippen molar-refractivity contribution >= 4 is 88.6 Å². The van der Waals surface area contributed by atoms with Gasteiger partial charge in [-0.15, -0.1) is 0 Å². The molecule has 5 aromatic heterocycles. The Kier molecular flexibility index (Phi) is 50.0. The second-order valence-electron chi connectivity index (χ2n) is 40.8. The quantitative estimate of drug-likeness (QED) is 0.0460. The Morgan fingerprint density at radius 1 is 0.338 bits per heavy atom. The number of hydrogen-bond donors (Lipinski definition) is 0. The molecule has 17 heteroatoms. The number of methoxy groups -OCH3 is 2. The third-order valence-corrected chi connectivity index (χ3v) is 22.8. The van der Waals surface area contributed by atoms with Crippen LogP contribution in [0.5, 0.6) is 51.9 Å². The van der Waals surface area contributed by atoms with Crippen LogP contribution in [-0.2, 0) is 13.5 Å². The zero-order chi connectivity index (χ0) is 107. The molecule has 0 bridgehead atoms. The van der Waals surface area contributed by atoms with E-state index in [0.29, 0.717) is 118 Å². The van der Waals surface area contributed by atoms with E-state index in [1.165, 1.54) is 107 Å². The monoisotopic (exact) mass is 2000 g/mol. The largest absolute Gasteiger partial charge is 0.495 e. The third-order valence-electron chi connectivity index (χ3n) is 22.8. The molecular weight excluding hydrogens is 1840 g/mol. The van der Waals surface area contributed by atoms with Crippen LogP contribution in [0.1, 0.15) is 257 Å². The van der Waals surface area contributed by atoms with Crippen LogP contribution in [0.2, 0.25) is 0 Å². The van der Waals surface area contributed by atoms with E-state index < -0.39 is 0 Å². The van der Waals surface area contributed by atoms with Crippen molar-refractivity contribution in [3.8, 4) is 51.9 Å². The van der Waals surface area contributed by atoms with Gasteiger partial charge < -0.3 is 47.2 Å². The summed E-state index contributed by atoms with van der Waals surface area (Å²) in [4.78, 5) is 16.6. The minimum atomic E-state index is -0.360. The number of aryl methyl sites for hydroxylation is 1. The van der Waals surface area contributed by atoms with E-state index in [4.69, 9.17) is 42.6 Å². The molecule has 7 aromatic carbocycles. The molecule has 0 N–H and O–H groups in total. The van der Waals surface area contributed by atoms with Crippen LogP contribution >= 0.6 is 0 Å². The van der Waals surface area contributed by atoms with Crippen molar-refractivity contribution in [1.29, 1.82) is 0 Å². The van der Waals surface area contributed by atoms with Crippen molar-refractivity contribution in [2.45, 2.75) is 215 Å². The van der Waals surface area contributed by atoms with Gasteiger partial charge in [0.1, 0.15) is 40.4 Å². The van der Waals surface area contributed by atoms with E-state index in [1.807, 2.05) is 117 Å². The van der Waals surface area contributed by atoms with Gasteiger partial charge in [-0.3, -0.25) is 9.97 Å². The van der Waals surface area contributed by atoms with Crippen molar-refractivity contribution < 1.29 is 55.8 Å². The number of halogens is 3. The topological polar surface area (TPSA) is 140 Å². The first-order chi connectivity index (χ1) is 71.1. The average Bonchev–Trinajstić information content (AvgIpc) is 1.70. The van der Waals surface area contributed by atoms with Gasteiger partial charge in [-0.05, 0) is 276 Å². The van der Waals surface area contributed by atoms with Gasteiger partial charge in [-0.25, -0.2) is 23.1 Å². The zero-order valence-corrected chi connectivity index (χ0v) is 91.7. The first-order valence-corrected chi connectivity index (χ1v) is 52.6. The maximum absolute atomic E-state index is 13.8. The van der Waals surface area contributed by atoms with E-state index in [9.17, 15) is 13.2 Å². The smallest absolute Gasteiger partial charge is 0.260 e. The van der Waals surface area contributed by atoms with Gasteiger partial charge in [0, 0.05) is 65.9 Å². The van der Waals surface area contributed by atoms with Gasteiger partial charge in [0.15, 0.2) is 23.1 Å². The zero-order valence-electron chi connectivity index (χ0n) is 91.7. The van der Waals surface area contributed by atoms with Crippen LogP contribution in [-0.4, -0.2) is 70.6 Å². The molecule has 6 aliphatic rings. The fourth-order valence-corrected chi connectivity index (χ4v) is 14.2. The molecule has 0 unspecified atom stereocenters. The van der Waals surface area contributed by atoms with Crippen LogP contribution in [0.3, 0.4) is 0 Å². The summed E-state index contributed by atoms with van der Waals surface area (Å²) in [5.74, 6) is 11.1. The number of rotatable bonds is 28. The SMILES string of the molecule is CC(C)/C=C/c1ccc(OC2CC2)cc1.CC(C)/C=C/c1ccc(OC2CC2)cc1F.CC(C)/C=C/c1ccc(OC2CCCC2)cc1F.CC(C)/C=C/c1ccc2c(c1)CC=C2.CC(C)/C=C/c1ccc2c(c1)OCO2.CC(C)/C=C/c1ccc2ccn(C)c2c1.CC(C)/C=C/c1ccc2ncccc2c1.CC(C)/C=C/c1cnc2c(c1)OCO2.COc1ccc(/C=C/C(C)C)nc1.COc1cnc(/C=C/C(C)C)c(F)c1. The van der Waals surface area contributed by atoms with Crippen LogP contribution in [0.25, 0.3) is 88.6 Å². The average molecular weight is 2010 g/mol. The molecule has 3 fully saturated rings. The Bertz CT molecular complexity index is 6260. The van der Waals surface area contributed by atoms with Crippen molar-refractivity contribution in [1.82, 2.24) is 24.5 Å². The summed E-state index contributed by atoms with van der Waals surface area (Å²) < 4.78 is 90.6. The van der Waals surface area contributed by atoms with E-state index in [2.05, 4.69) is 338 Å². The highest BCUT2D eigenvalue weighted by Crippen LogP contribution is 2.36. The lowest BCUT2D eigenvalue weighted by Crippen LogP contribution is -2.10. The first-order valence-electron chi connectivity index (χ1n) is 52.6. The van der Waals surface area contributed by atoms with Crippen molar-refractivity contribution in [2.24, 2.45) is 66.2 Å². The molecule has 18 rings (SSSR count). The lowest BCUT2D eigenvalue weighted by Gasteiger charge is -2.13. The highest BCUT2D eigenvalue weighted by atomic mass is 19.1. The van der Waals surface area contributed by atoms with Crippen LogP contribution in [0, 0.1) is 76.6 Å². The van der Waals surface area contributed by atoms with Gasteiger partial charge in [-0.1, -0.05) is 321 Å². The van der Waals surface area contributed by atoms with E-state index in [-0.39, 0.29) is 30.3 Å². The molecule has 3 saturated carbocycles. The molecule has 0 saturated heterocycles. The van der Waals surface area contributed by atoms with Gasteiger partial charge in [-0.2, -0.15) is 0 Å². The Labute approximate surface area is 882 Å². The predicted molar refractivity (Wildman–Crippen MR) is 616 cm³/mol. The Morgan fingerprint density at radius 3 is 1.32 bits per heavy atom. The van der Waals surface area contributed by atoms with Crippen molar-refractivity contribution in [2.75, 3.05) is 27.8 Å². The van der Waals surface area contributed by atoms with Crippen LogP contribution in [0.4, 0.5) is 13.2 Å². The van der Waals surface area contributed by atoms with Crippen LogP contribution in [0.15, 0.2) is 274 Å². The maximum Gasteiger partial charge on any atom is 0.260 e. The number of hydrogen-bond acceptors (Lipinski definition) is 13. The second kappa shape index (κ2) is 62.9. The number of ether oxygens (including phenoxy) is 9. The van der Waals surface area contributed by atoms with Gasteiger partial charge in [0.25, 0.3) is 5.88 Å². The fraction of sp³-hybridized carbons (Fsp3) is 0.359. The van der Waals surface area contributed by atoms with Gasteiger partial charge >= 0.3 is 0 Å². The van der Waals surface area contributed by atoms with Crippen molar-refractivity contribution in [3.63, 3.8) is 0 Å². The molecule has 0 atom stereocenters. The molecule has 0 spiro atoms. The van der Waals surface area contributed by atoms with E-state index in [1.54, 1.807) is 37.7 Å². The summed E-state index contributed by atoms with van der Waals surface area (Å²) in [7, 11) is 5.21. The Morgan fingerprint density at radius 2 is 0.777 bits per heavy atom. The minimum Gasteiger partial charge on any atom is -0.495 e. The normalized spacial score (nSPS) is 13.9. The highest BCUT2D eigenvalue weighted by molar-refractivity contribution is 5.83. The molecule has 0 amide bonds. The molecule has 0 radical (unpaired) electrons. The number of pyridine rings is 4. The number of nitrogens with zero attached hydrogens (tertiary/aromatic N) is 5. The molecule has 14 nitrogen and oxygen atoms in total. The van der Waals surface area contributed by atoms with E-state index >= 15 is 0 Å².